The van der Waals surface area contributed by atoms with Crippen LogP contribution in [0.3, 0.4) is 0 Å². The van der Waals surface area contributed by atoms with Crippen LogP contribution in [0, 0.1) is 5.92 Å². The van der Waals surface area contributed by atoms with Crippen LogP contribution in [0.1, 0.15) is 20.3 Å². The summed E-state index contributed by atoms with van der Waals surface area (Å²) in [6.07, 6.45) is 3.64. The number of hydrogen-bond donors (Lipinski definition) is 1. The SMILES string of the molecule is CCNc1ncc(S(=O)(=O)N2CCC(C)C2)cn1. The molecular formula is C11H18N4O2S. The molecule has 18 heavy (non-hydrogen) atoms. The third kappa shape index (κ3) is 2.62. The number of nitrogens with zero attached hydrogens (tertiary/aromatic N) is 3. The highest BCUT2D eigenvalue weighted by Gasteiger charge is 2.30. The molecule has 0 radical (unpaired) electrons. The smallest absolute Gasteiger partial charge is 0.246 e. The molecule has 7 heteroatoms. The molecule has 1 aliphatic heterocycles. The van der Waals surface area contributed by atoms with Crippen LogP contribution >= 0.6 is 0 Å². The average Bonchev–Trinajstić information content (AvgIpc) is 2.78. The van der Waals surface area contributed by atoms with Crippen LogP contribution in [-0.4, -0.2) is 42.3 Å². The Labute approximate surface area is 107 Å². The molecule has 1 aromatic heterocycles. The van der Waals surface area contributed by atoms with Gasteiger partial charge in [-0.1, -0.05) is 6.92 Å². The molecule has 1 N–H and O–H groups in total. The lowest BCUT2D eigenvalue weighted by Gasteiger charge is -2.15. The van der Waals surface area contributed by atoms with Gasteiger partial charge in [0.2, 0.25) is 16.0 Å². The number of sulfonamides is 1. The van der Waals surface area contributed by atoms with Crippen LogP contribution in [0.2, 0.25) is 0 Å². The third-order valence-electron chi connectivity index (χ3n) is 2.99. The fraction of sp³-hybridized carbons (Fsp3) is 0.636. The van der Waals surface area contributed by atoms with Crippen LogP contribution < -0.4 is 5.32 Å². The van der Waals surface area contributed by atoms with E-state index in [1.165, 1.54) is 16.7 Å². The average molecular weight is 270 g/mol. The summed E-state index contributed by atoms with van der Waals surface area (Å²) < 4.78 is 26.1. The van der Waals surface area contributed by atoms with Crippen LogP contribution in [0.25, 0.3) is 0 Å². The van der Waals surface area contributed by atoms with E-state index in [9.17, 15) is 8.42 Å². The molecule has 1 atom stereocenters. The van der Waals surface area contributed by atoms with Crippen LogP contribution in [0.15, 0.2) is 17.3 Å². The first-order chi connectivity index (χ1) is 8.54. The lowest BCUT2D eigenvalue weighted by molar-refractivity contribution is 0.464. The van der Waals surface area contributed by atoms with Gasteiger partial charge in [-0.2, -0.15) is 4.31 Å². The molecule has 0 aliphatic carbocycles. The first-order valence-corrected chi connectivity index (χ1v) is 7.54. The van der Waals surface area contributed by atoms with Crippen molar-refractivity contribution in [3.05, 3.63) is 12.4 Å². The minimum atomic E-state index is -3.42. The van der Waals surface area contributed by atoms with Crippen molar-refractivity contribution in [1.29, 1.82) is 0 Å². The van der Waals surface area contributed by atoms with Crippen molar-refractivity contribution in [1.82, 2.24) is 14.3 Å². The Morgan fingerprint density at radius 3 is 2.61 bits per heavy atom. The van der Waals surface area contributed by atoms with Crippen LogP contribution in [0.4, 0.5) is 5.95 Å². The number of hydrogen-bond acceptors (Lipinski definition) is 5. The van der Waals surface area contributed by atoms with Crippen LogP contribution in [0.5, 0.6) is 0 Å². The first-order valence-electron chi connectivity index (χ1n) is 6.10. The molecule has 0 saturated carbocycles. The van der Waals surface area contributed by atoms with Crippen LogP contribution in [-0.2, 0) is 10.0 Å². The maximum atomic E-state index is 12.3. The zero-order valence-corrected chi connectivity index (χ0v) is 11.4. The highest BCUT2D eigenvalue weighted by molar-refractivity contribution is 7.89. The molecule has 100 valence electrons. The summed E-state index contributed by atoms with van der Waals surface area (Å²) in [6.45, 7) is 5.85. The van der Waals surface area contributed by atoms with Gasteiger partial charge in [0.05, 0.1) is 12.4 Å². The van der Waals surface area contributed by atoms with Crippen molar-refractivity contribution in [3.8, 4) is 0 Å². The summed E-state index contributed by atoms with van der Waals surface area (Å²) in [5, 5.41) is 2.93. The highest BCUT2D eigenvalue weighted by Crippen LogP contribution is 2.23. The molecule has 1 unspecified atom stereocenters. The minimum absolute atomic E-state index is 0.165. The van der Waals surface area contributed by atoms with Gasteiger partial charge in [-0.3, -0.25) is 0 Å². The van der Waals surface area contributed by atoms with E-state index in [1.54, 1.807) is 0 Å². The van der Waals surface area contributed by atoms with Crippen molar-refractivity contribution < 1.29 is 8.42 Å². The molecular weight excluding hydrogens is 252 g/mol. The summed E-state index contributed by atoms with van der Waals surface area (Å²) in [5.74, 6) is 0.868. The zero-order valence-electron chi connectivity index (χ0n) is 10.6. The second-order valence-corrected chi connectivity index (χ2v) is 6.47. The molecule has 1 aliphatic rings. The lowest BCUT2D eigenvalue weighted by atomic mass is 10.2. The van der Waals surface area contributed by atoms with E-state index in [-0.39, 0.29) is 4.90 Å². The van der Waals surface area contributed by atoms with E-state index in [2.05, 4.69) is 22.2 Å². The monoisotopic (exact) mass is 270 g/mol. The number of aromatic nitrogens is 2. The Morgan fingerprint density at radius 1 is 1.44 bits per heavy atom. The Bertz CT molecular complexity index is 500. The molecule has 0 spiro atoms. The van der Waals surface area contributed by atoms with Gasteiger partial charge in [-0.25, -0.2) is 18.4 Å². The van der Waals surface area contributed by atoms with Gasteiger partial charge in [-0.05, 0) is 19.3 Å². The Kier molecular flexibility index (Phi) is 3.82. The summed E-state index contributed by atoms with van der Waals surface area (Å²) in [4.78, 5) is 8.16. The molecule has 0 aromatic carbocycles. The van der Waals surface area contributed by atoms with E-state index in [0.717, 1.165) is 6.42 Å². The molecule has 0 amide bonds. The van der Waals surface area contributed by atoms with E-state index in [4.69, 9.17) is 0 Å². The normalized spacial score (nSPS) is 21.1. The molecule has 0 bridgehead atoms. The maximum Gasteiger partial charge on any atom is 0.246 e. The van der Waals surface area contributed by atoms with Gasteiger partial charge in [0.15, 0.2) is 0 Å². The highest BCUT2D eigenvalue weighted by atomic mass is 32.2. The maximum absolute atomic E-state index is 12.3. The second-order valence-electron chi connectivity index (χ2n) is 4.53. The topological polar surface area (TPSA) is 75.2 Å². The molecule has 1 aromatic rings. The van der Waals surface area contributed by atoms with Gasteiger partial charge in [0.25, 0.3) is 0 Å². The first kappa shape index (κ1) is 13.2. The van der Waals surface area contributed by atoms with E-state index >= 15 is 0 Å². The van der Waals surface area contributed by atoms with Crippen molar-refractivity contribution in [2.45, 2.75) is 25.2 Å². The predicted octanol–water partition coefficient (Wildman–Crippen LogP) is 0.939. The fourth-order valence-corrected chi connectivity index (χ4v) is 3.43. The quantitative estimate of drug-likeness (QED) is 0.881. The summed E-state index contributed by atoms with van der Waals surface area (Å²) >= 11 is 0. The predicted molar refractivity (Wildman–Crippen MR) is 68.7 cm³/mol. The summed E-state index contributed by atoms with van der Waals surface area (Å²) in [7, 11) is -3.42. The van der Waals surface area contributed by atoms with Gasteiger partial charge in [-0.15, -0.1) is 0 Å². The summed E-state index contributed by atoms with van der Waals surface area (Å²) in [5.41, 5.74) is 0. The number of nitrogens with one attached hydrogen (secondary N) is 1. The third-order valence-corrected chi connectivity index (χ3v) is 4.81. The van der Waals surface area contributed by atoms with Crippen molar-refractivity contribution >= 4 is 16.0 Å². The Hall–Kier alpha value is -1.21. The zero-order chi connectivity index (χ0) is 13.2. The fourth-order valence-electron chi connectivity index (χ4n) is 1.96. The van der Waals surface area contributed by atoms with E-state index in [1.807, 2.05) is 6.92 Å². The van der Waals surface area contributed by atoms with Crippen molar-refractivity contribution in [2.75, 3.05) is 25.0 Å². The largest absolute Gasteiger partial charge is 0.355 e. The Balaban J connectivity index is 2.19. The number of anilines is 1. The second kappa shape index (κ2) is 5.19. The molecule has 2 rings (SSSR count). The molecule has 1 fully saturated rings. The minimum Gasteiger partial charge on any atom is -0.355 e. The Morgan fingerprint density at radius 2 is 2.11 bits per heavy atom. The summed E-state index contributed by atoms with van der Waals surface area (Å²) in [6, 6.07) is 0. The van der Waals surface area contributed by atoms with Gasteiger partial charge >= 0.3 is 0 Å². The molecule has 6 nitrogen and oxygen atoms in total. The lowest BCUT2D eigenvalue weighted by Crippen LogP contribution is -2.28. The van der Waals surface area contributed by atoms with Crippen molar-refractivity contribution in [2.24, 2.45) is 5.92 Å². The van der Waals surface area contributed by atoms with E-state index < -0.39 is 10.0 Å². The van der Waals surface area contributed by atoms with Gasteiger partial charge in [0, 0.05) is 19.6 Å². The molecule has 2 heterocycles. The number of rotatable bonds is 4. The van der Waals surface area contributed by atoms with Gasteiger partial charge in [0.1, 0.15) is 4.90 Å². The van der Waals surface area contributed by atoms with E-state index in [0.29, 0.717) is 31.5 Å². The van der Waals surface area contributed by atoms with Gasteiger partial charge < -0.3 is 5.32 Å². The standard InChI is InChI=1S/C11H18N4O2S/c1-3-12-11-13-6-10(7-14-11)18(16,17)15-5-4-9(2)8-15/h6-7,9H,3-5,8H2,1-2H3,(H,12,13,14). The molecule has 1 saturated heterocycles. The van der Waals surface area contributed by atoms with Crippen molar-refractivity contribution in [3.63, 3.8) is 0 Å².